The zero-order valence-corrected chi connectivity index (χ0v) is 20.4. The van der Waals surface area contributed by atoms with Crippen molar-refractivity contribution in [2.75, 3.05) is 12.9 Å². The Morgan fingerprint density at radius 1 is 1.03 bits per heavy atom. The van der Waals surface area contributed by atoms with E-state index in [1.165, 1.54) is 18.0 Å². The molecule has 7 nitrogen and oxygen atoms in total. The highest BCUT2D eigenvalue weighted by molar-refractivity contribution is 7.99. The summed E-state index contributed by atoms with van der Waals surface area (Å²) in [5, 5.41) is 13.6. The Bertz CT molecular complexity index is 1320. The normalized spacial score (nSPS) is 11.5. The van der Waals surface area contributed by atoms with E-state index in [9.17, 15) is 4.79 Å². The van der Waals surface area contributed by atoms with Crippen molar-refractivity contribution in [2.45, 2.75) is 5.16 Å². The SMILES string of the molecule is COc1ccc(-n2c(SCC(=O)N/N=C/C(Cl)=C/c3ccccc3)nnc2-c2ccccc2)cc1. The van der Waals surface area contributed by atoms with Crippen molar-refractivity contribution in [2.24, 2.45) is 5.10 Å². The number of hydrogen-bond acceptors (Lipinski definition) is 6. The number of halogens is 1. The van der Waals surface area contributed by atoms with Gasteiger partial charge in [-0.1, -0.05) is 84.0 Å². The summed E-state index contributed by atoms with van der Waals surface area (Å²) in [5.74, 6) is 1.23. The number of nitrogens with zero attached hydrogens (tertiary/aromatic N) is 4. The minimum Gasteiger partial charge on any atom is -0.497 e. The number of methoxy groups -OCH3 is 1. The van der Waals surface area contributed by atoms with Gasteiger partial charge in [0.2, 0.25) is 0 Å². The number of amides is 1. The van der Waals surface area contributed by atoms with Gasteiger partial charge in [-0.05, 0) is 35.9 Å². The van der Waals surface area contributed by atoms with Gasteiger partial charge in [0, 0.05) is 11.3 Å². The molecule has 0 saturated heterocycles. The van der Waals surface area contributed by atoms with Crippen LogP contribution in [0.3, 0.4) is 0 Å². The summed E-state index contributed by atoms with van der Waals surface area (Å²) in [5.41, 5.74) is 5.20. The molecular weight excluding hydrogens is 482 g/mol. The lowest BCUT2D eigenvalue weighted by atomic mass is 10.2. The second-order valence-corrected chi connectivity index (χ2v) is 8.61. The molecule has 4 rings (SSSR count). The van der Waals surface area contributed by atoms with E-state index in [0.717, 1.165) is 22.6 Å². The number of hydrazone groups is 1. The summed E-state index contributed by atoms with van der Waals surface area (Å²) in [6.07, 6.45) is 3.15. The van der Waals surface area contributed by atoms with Crippen LogP contribution in [0, 0.1) is 0 Å². The third-order valence-corrected chi connectivity index (χ3v) is 5.95. The molecule has 0 bridgehead atoms. The van der Waals surface area contributed by atoms with Crippen molar-refractivity contribution in [3.05, 3.63) is 95.5 Å². The Morgan fingerprint density at radius 3 is 2.40 bits per heavy atom. The molecule has 4 aromatic rings. The van der Waals surface area contributed by atoms with Crippen LogP contribution in [-0.2, 0) is 4.79 Å². The fraction of sp³-hybridized carbons (Fsp3) is 0.0769. The highest BCUT2D eigenvalue weighted by Crippen LogP contribution is 2.28. The molecule has 1 aromatic heterocycles. The molecule has 1 N–H and O–H groups in total. The number of carbonyl (C=O) groups is 1. The Labute approximate surface area is 212 Å². The fourth-order valence-corrected chi connectivity index (χ4v) is 4.09. The zero-order chi connectivity index (χ0) is 24.5. The monoisotopic (exact) mass is 503 g/mol. The number of benzene rings is 3. The first-order valence-corrected chi connectivity index (χ1v) is 12.0. The quantitative estimate of drug-likeness (QED) is 0.187. The van der Waals surface area contributed by atoms with Crippen molar-refractivity contribution >= 4 is 41.6 Å². The topological polar surface area (TPSA) is 81.4 Å². The summed E-state index contributed by atoms with van der Waals surface area (Å²) < 4.78 is 7.18. The number of allylic oxidation sites excluding steroid dienone is 1. The minimum atomic E-state index is -0.291. The second-order valence-electron chi connectivity index (χ2n) is 7.23. The molecule has 9 heteroatoms. The van der Waals surface area contributed by atoms with Gasteiger partial charge in [0.25, 0.3) is 5.91 Å². The molecule has 1 amide bonds. The predicted molar refractivity (Wildman–Crippen MR) is 141 cm³/mol. The summed E-state index contributed by atoms with van der Waals surface area (Å²) in [6.45, 7) is 0. The standard InChI is InChI=1S/C26H22ClN5O2S/c1-34-23-14-12-22(13-15-23)32-25(20-10-6-3-7-11-20)30-31-26(32)35-18-24(33)29-28-17-21(27)16-19-8-4-2-5-9-19/h2-17H,18H2,1H3,(H,29,33)/b21-16-,28-17+. The van der Waals surface area contributed by atoms with Crippen LogP contribution < -0.4 is 10.2 Å². The average Bonchev–Trinajstić information content (AvgIpc) is 3.32. The Kier molecular flexibility index (Phi) is 8.32. The Balaban J connectivity index is 1.46. The molecule has 1 heterocycles. The molecule has 0 atom stereocenters. The molecule has 0 radical (unpaired) electrons. The zero-order valence-electron chi connectivity index (χ0n) is 18.8. The number of aromatic nitrogens is 3. The number of ether oxygens (including phenoxy) is 1. The van der Waals surface area contributed by atoms with Gasteiger partial charge in [0.1, 0.15) is 5.75 Å². The molecule has 0 aliphatic heterocycles. The van der Waals surface area contributed by atoms with Gasteiger partial charge < -0.3 is 4.74 Å². The Morgan fingerprint density at radius 2 is 1.71 bits per heavy atom. The molecule has 0 aliphatic carbocycles. The van der Waals surface area contributed by atoms with E-state index in [1.807, 2.05) is 89.5 Å². The third-order valence-electron chi connectivity index (χ3n) is 4.81. The van der Waals surface area contributed by atoms with Crippen molar-refractivity contribution in [3.63, 3.8) is 0 Å². The van der Waals surface area contributed by atoms with E-state index in [-0.39, 0.29) is 11.7 Å². The van der Waals surface area contributed by atoms with Gasteiger partial charge in [-0.2, -0.15) is 5.10 Å². The van der Waals surface area contributed by atoms with Crippen LogP contribution >= 0.6 is 23.4 Å². The maximum absolute atomic E-state index is 12.4. The first-order chi connectivity index (χ1) is 17.1. The smallest absolute Gasteiger partial charge is 0.250 e. The van der Waals surface area contributed by atoms with Gasteiger partial charge in [-0.25, -0.2) is 5.43 Å². The lowest BCUT2D eigenvalue weighted by Crippen LogP contribution is -2.19. The van der Waals surface area contributed by atoms with Crippen molar-refractivity contribution in [3.8, 4) is 22.8 Å². The fourth-order valence-electron chi connectivity index (χ4n) is 3.18. The molecule has 35 heavy (non-hydrogen) atoms. The first-order valence-electron chi connectivity index (χ1n) is 10.7. The lowest BCUT2D eigenvalue weighted by molar-refractivity contribution is -0.118. The minimum absolute atomic E-state index is 0.0977. The Hall–Kier alpha value is -3.88. The molecule has 0 saturated carbocycles. The molecule has 3 aromatic carbocycles. The van der Waals surface area contributed by atoms with Crippen LogP contribution in [0.1, 0.15) is 5.56 Å². The number of hydrogen-bond donors (Lipinski definition) is 1. The van der Waals surface area contributed by atoms with E-state index >= 15 is 0 Å². The predicted octanol–water partition coefficient (Wildman–Crippen LogP) is 5.42. The number of carbonyl (C=O) groups excluding carboxylic acids is 1. The number of rotatable bonds is 9. The maximum Gasteiger partial charge on any atom is 0.250 e. The summed E-state index contributed by atoms with van der Waals surface area (Å²) in [6, 6.07) is 26.9. The van der Waals surface area contributed by atoms with Gasteiger partial charge in [0.05, 0.1) is 24.1 Å². The molecule has 0 fully saturated rings. The average molecular weight is 504 g/mol. The van der Waals surface area contributed by atoms with Crippen LogP contribution in [0.2, 0.25) is 0 Å². The second kappa shape index (κ2) is 12.0. The summed E-state index contributed by atoms with van der Waals surface area (Å²) >= 11 is 7.43. The highest BCUT2D eigenvalue weighted by Gasteiger charge is 2.17. The van der Waals surface area contributed by atoms with Crippen LogP contribution in [0.4, 0.5) is 0 Å². The third kappa shape index (κ3) is 6.59. The van der Waals surface area contributed by atoms with Gasteiger partial charge >= 0.3 is 0 Å². The van der Waals surface area contributed by atoms with Crippen LogP contribution in [0.5, 0.6) is 5.75 Å². The molecule has 0 unspecified atom stereocenters. The molecule has 0 aliphatic rings. The largest absolute Gasteiger partial charge is 0.497 e. The highest BCUT2D eigenvalue weighted by atomic mass is 35.5. The van der Waals surface area contributed by atoms with Crippen LogP contribution in [0.25, 0.3) is 23.2 Å². The number of nitrogens with one attached hydrogen (secondary N) is 1. The van der Waals surface area contributed by atoms with Crippen LogP contribution in [0.15, 0.2) is 100 Å². The molecular formula is C26H22ClN5O2S. The van der Waals surface area contributed by atoms with Crippen molar-refractivity contribution in [1.82, 2.24) is 20.2 Å². The summed E-state index contributed by atoms with van der Waals surface area (Å²) in [4.78, 5) is 12.4. The van der Waals surface area contributed by atoms with E-state index in [2.05, 4.69) is 20.7 Å². The molecule has 176 valence electrons. The van der Waals surface area contributed by atoms with E-state index in [4.69, 9.17) is 16.3 Å². The first kappa shape index (κ1) is 24.3. The van der Waals surface area contributed by atoms with E-state index < -0.39 is 0 Å². The van der Waals surface area contributed by atoms with Gasteiger partial charge in [-0.3, -0.25) is 9.36 Å². The van der Waals surface area contributed by atoms with Crippen LogP contribution in [-0.4, -0.2) is 39.7 Å². The van der Waals surface area contributed by atoms with E-state index in [1.54, 1.807) is 13.2 Å². The maximum atomic E-state index is 12.4. The van der Waals surface area contributed by atoms with Crippen molar-refractivity contribution < 1.29 is 9.53 Å². The van der Waals surface area contributed by atoms with E-state index in [0.29, 0.717) is 16.0 Å². The molecule has 0 spiro atoms. The van der Waals surface area contributed by atoms with Gasteiger partial charge in [-0.15, -0.1) is 10.2 Å². The number of thioether (sulfide) groups is 1. The van der Waals surface area contributed by atoms with Gasteiger partial charge in [0.15, 0.2) is 11.0 Å². The van der Waals surface area contributed by atoms with Crippen molar-refractivity contribution in [1.29, 1.82) is 0 Å². The lowest BCUT2D eigenvalue weighted by Gasteiger charge is -2.11. The summed E-state index contributed by atoms with van der Waals surface area (Å²) in [7, 11) is 1.62.